The maximum Gasteiger partial charge on any atom is 0.182 e. The van der Waals surface area contributed by atoms with E-state index in [0.717, 1.165) is 22.7 Å². The zero-order chi connectivity index (χ0) is 12.9. The molecule has 1 aromatic rings. The fraction of sp³-hybridized carbons (Fsp3) is 0.286. The first-order valence-electron chi connectivity index (χ1n) is 5.87. The van der Waals surface area contributed by atoms with Crippen molar-refractivity contribution < 1.29 is 9.53 Å². The quantitative estimate of drug-likeness (QED) is 0.757. The van der Waals surface area contributed by atoms with Crippen LogP contribution in [0.2, 0.25) is 0 Å². The monoisotopic (exact) mass is 242 g/mol. The lowest BCUT2D eigenvalue weighted by Crippen LogP contribution is -2.48. The summed E-state index contributed by atoms with van der Waals surface area (Å²) < 4.78 is 5.97. The van der Waals surface area contributed by atoms with Crippen LogP contribution in [0.5, 0.6) is 5.75 Å². The third-order valence-corrected chi connectivity index (χ3v) is 3.35. The number of ether oxygens (including phenoxy) is 1. The highest BCUT2D eigenvalue weighted by atomic mass is 16.5. The van der Waals surface area contributed by atoms with Gasteiger partial charge in [0.2, 0.25) is 0 Å². The van der Waals surface area contributed by atoms with Crippen LogP contribution in [0.3, 0.4) is 0 Å². The molecule has 1 aliphatic heterocycles. The summed E-state index contributed by atoms with van der Waals surface area (Å²) in [5.41, 5.74) is 7.83. The molecule has 18 heavy (non-hydrogen) atoms. The van der Waals surface area contributed by atoms with Crippen LogP contribution in [0.25, 0.3) is 0 Å². The van der Waals surface area contributed by atoms with E-state index in [1.54, 1.807) is 6.08 Å². The molecule has 2 aliphatic rings. The first-order valence-corrected chi connectivity index (χ1v) is 5.87. The van der Waals surface area contributed by atoms with Crippen molar-refractivity contribution in [2.75, 3.05) is 0 Å². The van der Waals surface area contributed by atoms with Gasteiger partial charge in [-0.05, 0) is 37.6 Å². The number of Topliss-reactive ketones (excluding diaryl/α,β-unsaturated/α-hetero) is 1. The minimum atomic E-state index is -0.694. The van der Waals surface area contributed by atoms with Crippen molar-refractivity contribution in [1.82, 2.24) is 0 Å². The summed E-state index contributed by atoms with van der Waals surface area (Å²) in [5.74, 6) is 0.635. The highest BCUT2D eigenvalue weighted by Crippen LogP contribution is 2.40. The Morgan fingerprint density at radius 2 is 2.22 bits per heavy atom. The van der Waals surface area contributed by atoms with Gasteiger partial charge in [0, 0.05) is 0 Å². The second-order valence-corrected chi connectivity index (χ2v) is 5.00. The molecule has 1 aromatic carbocycles. The molecule has 3 rings (SSSR count). The molecule has 0 saturated carbocycles. The Kier molecular flexibility index (Phi) is 2.11. The number of hydrogen-bond donors (Lipinski definition) is 1. The molecule has 0 bridgehead atoms. The smallest absolute Gasteiger partial charge is 0.182 e. The van der Waals surface area contributed by atoms with Crippen molar-refractivity contribution in [1.29, 1.82) is 0 Å². The Bertz CT molecular complexity index is 616. The zero-order valence-electron chi connectivity index (χ0n) is 10.4. The van der Waals surface area contributed by atoms with Crippen LogP contribution in [0, 0.1) is 6.92 Å². The van der Waals surface area contributed by atoms with Crippen LogP contribution in [-0.2, 0) is 4.79 Å². The number of benzene rings is 1. The Labute approximate surface area is 105 Å². The number of fused-ring (bicyclic) bond motifs is 2. The largest absolute Gasteiger partial charge is 0.478 e. The summed E-state index contributed by atoms with van der Waals surface area (Å²) in [5, 5.41) is 0. The van der Waals surface area contributed by atoms with Gasteiger partial charge < -0.3 is 10.5 Å². The summed E-state index contributed by atoms with van der Waals surface area (Å²) in [6.07, 6.45) is 1.86. The van der Waals surface area contributed by atoms with Gasteiger partial charge in [-0.3, -0.25) is 4.79 Å². The molecular weight excluding hydrogens is 228 g/mol. The third kappa shape index (κ3) is 1.53. The van der Waals surface area contributed by atoms with E-state index in [1.165, 1.54) is 0 Å². The number of ketones is 1. The van der Waals surface area contributed by atoms with Crippen molar-refractivity contribution in [2.24, 2.45) is 10.7 Å². The van der Waals surface area contributed by atoms with Crippen LogP contribution in [0.4, 0.5) is 5.69 Å². The van der Waals surface area contributed by atoms with E-state index in [0.29, 0.717) is 0 Å². The van der Waals surface area contributed by atoms with Crippen LogP contribution >= 0.6 is 0 Å². The van der Waals surface area contributed by atoms with Gasteiger partial charge >= 0.3 is 0 Å². The molecule has 0 fully saturated rings. The standard InChI is InChI=1S/C14H14N2O2/c1-8-3-4-10-12(5-8)18-14(2)7-11(17)9(15)6-13(14)16-10/h3-6H,7,15H2,1-2H3/t14-/m1/s1. The molecule has 1 heterocycles. The normalized spacial score (nSPS) is 25.6. The Balaban J connectivity index is 2.17. The molecule has 0 amide bonds. The van der Waals surface area contributed by atoms with Crippen LogP contribution in [0.15, 0.2) is 35.0 Å². The molecular formula is C14H14N2O2. The van der Waals surface area contributed by atoms with Crippen LogP contribution < -0.4 is 10.5 Å². The average molecular weight is 242 g/mol. The molecule has 0 radical (unpaired) electrons. The fourth-order valence-corrected chi connectivity index (χ4v) is 2.29. The summed E-state index contributed by atoms with van der Waals surface area (Å²) in [6.45, 7) is 3.87. The molecule has 0 spiro atoms. The van der Waals surface area contributed by atoms with E-state index >= 15 is 0 Å². The number of rotatable bonds is 0. The third-order valence-electron chi connectivity index (χ3n) is 3.35. The molecule has 1 aliphatic carbocycles. The lowest BCUT2D eigenvalue weighted by molar-refractivity contribution is -0.118. The Morgan fingerprint density at radius 1 is 1.44 bits per heavy atom. The molecule has 4 nitrogen and oxygen atoms in total. The van der Waals surface area contributed by atoms with E-state index in [-0.39, 0.29) is 17.9 Å². The Hall–Kier alpha value is -2.10. The van der Waals surface area contributed by atoms with Crippen molar-refractivity contribution in [3.05, 3.63) is 35.5 Å². The number of nitrogens with zero attached hydrogens (tertiary/aromatic N) is 1. The van der Waals surface area contributed by atoms with Crippen molar-refractivity contribution >= 4 is 17.2 Å². The molecule has 0 unspecified atom stereocenters. The van der Waals surface area contributed by atoms with Gasteiger partial charge in [0.1, 0.15) is 11.4 Å². The molecule has 4 heteroatoms. The second-order valence-electron chi connectivity index (χ2n) is 5.00. The van der Waals surface area contributed by atoms with E-state index in [2.05, 4.69) is 4.99 Å². The van der Waals surface area contributed by atoms with E-state index < -0.39 is 5.60 Å². The van der Waals surface area contributed by atoms with E-state index in [9.17, 15) is 4.79 Å². The van der Waals surface area contributed by atoms with Gasteiger partial charge in [-0.1, -0.05) is 6.07 Å². The van der Waals surface area contributed by atoms with E-state index in [4.69, 9.17) is 10.5 Å². The molecule has 0 saturated heterocycles. The first-order chi connectivity index (χ1) is 8.48. The summed E-state index contributed by atoms with van der Waals surface area (Å²) >= 11 is 0. The highest BCUT2D eigenvalue weighted by Gasteiger charge is 2.41. The Morgan fingerprint density at radius 3 is 3.00 bits per heavy atom. The summed E-state index contributed by atoms with van der Waals surface area (Å²) in [7, 11) is 0. The molecule has 2 N–H and O–H groups in total. The number of aryl methyl sites for hydroxylation is 1. The number of aliphatic imine (C=N–C) groups is 1. The van der Waals surface area contributed by atoms with Gasteiger partial charge in [0.25, 0.3) is 0 Å². The van der Waals surface area contributed by atoms with Crippen LogP contribution in [-0.4, -0.2) is 17.1 Å². The van der Waals surface area contributed by atoms with Crippen molar-refractivity contribution in [3.8, 4) is 5.75 Å². The second kappa shape index (κ2) is 3.45. The first kappa shape index (κ1) is 11.0. The van der Waals surface area contributed by atoms with Gasteiger partial charge in [-0.2, -0.15) is 0 Å². The lowest BCUT2D eigenvalue weighted by Gasteiger charge is -2.36. The predicted octanol–water partition coefficient (Wildman–Crippen LogP) is 2.03. The van der Waals surface area contributed by atoms with Crippen molar-refractivity contribution in [3.63, 3.8) is 0 Å². The topological polar surface area (TPSA) is 64.7 Å². The number of hydrogen-bond acceptors (Lipinski definition) is 4. The number of carbonyl (C=O) groups excluding carboxylic acids is 1. The predicted molar refractivity (Wildman–Crippen MR) is 69.2 cm³/mol. The summed E-state index contributed by atoms with van der Waals surface area (Å²) in [4.78, 5) is 16.3. The van der Waals surface area contributed by atoms with E-state index in [1.807, 2.05) is 32.0 Å². The molecule has 92 valence electrons. The van der Waals surface area contributed by atoms with Crippen LogP contribution in [0.1, 0.15) is 18.9 Å². The SMILES string of the molecule is Cc1ccc2c(c1)O[C@]1(C)CC(=O)C(N)=CC1=N2. The van der Waals surface area contributed by atoms with Gasteiger partial charge in [-0.15, -0.1) is 0 Å². The maximum atomic E-state index is 11.7. The van der Waals surface area contributed by atoms with Gasteiger partial charge in [0.15, 0.2) is 11.4 Å². The van der Waals surface area contributed by atoms with Gasteiger partial charge in [-0.25, -0.2) is 4.99 Å². The van der Waals surface area contributed by atoms with Gasteiger partial charge in [0.05, 0.1) is 17.8 Å². The minimum Gasteiger partial charge on any atom is -0.478 e. The fourth-order valence-electron chi connectivity index (χ4n) is 2.29. The number of nitrogens with two attached hydrogens (primary N) is 1. The molecule has 1 atom stereocenters. The van der Waals surface area contributed by atoms with Crippen molar-refractivity contribution in [2.45, 2.75) is 25.9 Å². The lowest BCUT2D eigenvalue weighted by atomic mass is 9.85. The highest BCUT2D eigenvalue weighted by molar-refractivity contribution is 6.15. The molecule has 0 aromatic heterocycles. The minimum absolute atomic E-state index is 0.0902. The number of allylic oxidation sites excluding steroid dienone is 1. The number of carbonyl (C=O) groups is 1. The maximum absolute atomic E-state index is 11.7. The zero-order valence-corrected chi connectivity index (χ0v) is 10.4. The average Bonchev–Trinajstić information content (AvgIpc) is 2.28. The summed E-state index contributed by atoms with van der Waals surface area (Å²) in [6, 6.07) is 5.83.